The van der Waals surface area contributed by atoms with Gasteiger partial charge in [0.15, 0.2) is 0 Å². The predicted molar refractivity (Wildman–Crippen MR) is 54.7 cm³/mol. The predicted octanol–water partition coefficient (Wildman–Crippen LogP) is 1.87. The van der Waals surface area contributed by atoms with Crippen LogP contribution in [0.25, 0.3) is 10.9 Å². The maximum atomic E-state index is 12.9. The van der Waals surface area contributed by atoms with E-state index < -0.39 is 11.8 Å². The van der Waals surface area contributed by atoms with Crippen LogP contribution < -0.4 is 0 Å². The van der Waals surface area contributed by atoms with Gasteiger partial charge in [-0.25, -0.2) is 14.2 Å². The van der Waals surface area contributed by atoms with E-state index in [0.29, 0.717) is 5.39 Å². The Hall–Kier alpha value is -2.17. The van der Waals surface area contributed by atoms with Gasteiger partial charge in [0.2, 0.25) is 0 Å². The van der Waals surface area contributed by atoms with E-state index in [0.717, 1.165) is 6.20 Å². The number of benzene rings is 1. The van der Waals surface area contributed by atoms with Gasteiger partial charge < -0.3 is 9.84 Å². The van der Waals surface area contributed by atoms with E-state index >= 15 is 0 Å². The molecule has 1 N–H and O–H groups in total. The molecule has 0 atom stereocenters. The number of carbonyl (C=O) groups excluding carboxylic acids is 1. The first-order valence-electron chi connectivity index (χ1n) is 4.48. The van der Waals surface area contributed by atoms with Gasteiger partial charge in [-0.05, 0) is 18.2 Å². The van der Waals surface area contributed by atoms with Gasteiger partial charge in [0.05, 0.1) is 18.9 Å². The van der Waals surface area contributed by atoms with Crippen molar-refractivity contribution in [1.29, 1.82) is 0 Å². The van der Waals surface area contributed by atoms with Gasteiger partial charge in [-0.15, -0.1) is 0 Å². The minimum absolute atomic E-state index is 0.153. The zero-order chi connectivity index (χ0) is 11.7. The summed E-state index contributed by atoms with van der Waals surface area (Å²) in [5, 5.41) is 9.94. The molecule has 0 aliphatic rings. The lowest BCUT2D eigenvalue weighted by Crippen LogP contribution is -2.01. The van der Waals surface area contributed by atoms with Crippen LogP contribution in [0.4, 0.5) is 4.39 Å². The number of aromatic hydroxyl groups is 1. The number of phenolic OH excluding ortho intramolecular Hbond substituents is 1. The maximum Gasteiger partial charge on any atom is 0.338 e. The number of fused-ring (bicyclic) bond motifs is 1. The third-order valence-electron chi connectivity index (χ3n) is 2.15. The molecule has 1 aromatic carbocycles. The van der Waals surface area contributed by atoms with Crippen LogP contribution in [0.1, 0.15) is 10.4 Å². The van der Waals surface area contributed by atoms with Crippen LogP contribution in [-0.4, -0.2) is 23.2 Å². The fourth-order valence-corrected chi connectivity index (χ4v) is 1.44. The second kappa shape index (κ2) is 3.77. The number of aromatic nitrogens is 1. The third-order valence-corrected chi connectivity index (χ3v) is 2.15. The molecule has 0 saturated heterocycles. The van der Waals surface area contributed by atoms with Crippen molar-refractivity contribution in [2.24, 2.45) is 0 Å². The van der Waals surface area contributed by atoms with Crippen LogP contribution >= 0.6 is 0 Å². The summed E-state index contributed by atoms with van der Waals surface area (Å²) in [7, 11) is 1.23. The topological polar surface area (TPSA) is 59.4 Å². The minimum Gasteiger partial charge on any atom is -0.506 e. The van der Waals surface area contributed by atoms with Crippen LogP contribution in [0.15, 0.2) is 24.4 Å². The normalized spacial score (nSPS) is 10.4. The highest BCUT2D eigenvalue weighted by molar-refractivity contribution is 5.96. The van der Waals surface area contributed by atoms with Crippen molar-refractivity contribution in [3.05, 3.63) is 35.8 Å². The first kappa shape index (κ1) is 10.4. The van der Waals surface area contributed by atoms with Crippen molar-refractivity contribution < 1.29 is 19.0 Å². The number of hydrogen-bond acceptors (Lipinski definition) is 4. The van der Waals surface area contributed by atoms with Crippen molar-refractivity contribution in [2.75, 3.05) is 7.11 Å². The molecule has 0 aliphatic heterocycles. The molecule has 5 heteroatoms. The Labute approximate surface area is 90.3 Å². The molecular formula is C11H8FNO3. The summed E-state index contributed by atoms with van der Waals surface area (Å²) in [6, 6.07) is 3.84. The highest BCUT2D eigenvalue weighted by Crippen LogP contribution is 2.25. The average Bonchev–Trinajstić information content (AvgIpc) is 2.27. The van der Waals surface area contributed by atoms with Crippen molar-refractivity contribution in [3.8, 4) is 5.75 Å². The van der Waals surface area contributed by atoms with Crippen molar-refractivity contribution in [3.63, 3.8) is 0 Å². The lowest BCUT2D eigenvalue weighted by molar-refractivity contribution is 0.0600. The zero-order valence-corrected chi connectivity index (χ0v) is 8.40. The number of esters is 1. The molecule has 0 amide bonds. The second-order valence-corrected chi connectivity index (χ2v) is 3.21. The fourth-order valence-electron chi connectivity index (χ4n) is 1.44. The van der Waals surface area contributed by atoms with Gasteiger partial charge in [0.1, 0.15) is 17.1 Å². The number of phenols is 1. The molecule has 2 aromatic rings. The smallest absolute Gasteiger partial charge is 0.338 e. The summed E-state index contributed by atoms with van der Waals surface area (Å²) >= 11 is 0. The van der Waals surface area contributed by atoms with E-state index in [1.165, 1.54) is 25.3 Å². The number of pyridine rings is 1. The first-order chi connectivity index (χ1) is 7.61. The largest absolute Gasteiger partial charge is 0.506 e. The molecule has 1 heterocycles. The van der Waals surface area contributed by atoms with Gasteiger partial charge in [-0.3, -0.25) is 0 Å². The fraction of sp³-hybridized carbons (Fsp3) is 0.0909. The summed E-state index contributed by atoms with van der Waals surface area (Å²) in [6.07, 6.45) is 1.000. The van der Waals surface area contributed by atoms with E-state index in [2.05, 4.69) is 9.72 Å². The van der Waals surface area contributed by atoms with Crippen LogP contribution in [0, 0.1) is 5.82 Å². The molecule has 0 spiro atoms. The Kier molecular flexibility index (Phi) is 2.44. The van der Waals surface area contributed by atoms with Gasteiger partial charge in [0.25, 0.3) is 0 Å². The molecule has 0 unspecified atom stereocenters. The molecule has 1 aromatic heterocycles. The number of hydrogen-bond donors (Lipinski definition) is 1. The molecular weight excluding hydrogens is 213 g/mol. The molecule has 0 fully saturated rings. The third kappa shape index (κ3) is 1.67. The van der Waals surface area contributed by atoms with Crippen molar-refractivity contribution in [2.45, 2.75) is 0 Å². The number of halogens is 1. The molecule has 82 valence electrons. The van der Waals surface area contributed by atoms with Gasteiger partial charge >= 0.3 is 5.97 Å². The van der Waals surface area contributed by atoms with Crippen molar-refractivity contribution >= 4 is 16.9 Å². The highest BCUT2D eigenvalue weighted by atomic mass is 19.1. The van der Waals surface area contributed by atoms with Crippen LogP contribution in [-0.2, 0) is 4.74 Å². The van der Waals surface area contributed by atoms with E-state index in [9.17, 15) is 14.3 Å². The highest BCUT2D eigenvalue weighted by Gasteiger charge is 2.11. The van der Waals surface area contributed by atoms with Crippen molar-refractivity contribution in [1.82, 2.24) is 4.98 Å². The Morgan fingerprint density at radius 3 is 2.88 bits per heavy atom. The summed E-state index contributed by atoms with van der Waals surface area (Å²) < 4.78 is 17.4. The summed E-state index contributed by atoms with van der Waals surface area (Å²) in [5.74, 6) is -1.31. The minimum atomic E-state index is -0.596. The number of ether oxygens (including phenoxy) is 1. The first-order valence-corrected chi connectivity index (χ1v) is 4.48. The monoisotopic (exact) mass is 221 g/mol. The number of rotatable bonds is 1. The Morgan fingerprint density at radius 1 is 1.44 bits per heavy atom. The molecule has 4 nitrogen and oxygen atoms in total. The maximum absolute atomic E-state index is 12.9. The summed E-state index contributed by atoms with van der Waals surface area (Å²) in [6.45, 7) is 0. The zero-order valence-electron chi connectivity index (χ0n) is 8.40. The van der Waals surface area contributed by atoms with Crippen LogP contribution in [0.5, 0.6) is 5.75 Å². The lowest BCUT2D eigenvalue weighted by atomic mass is 10.1. The van der Waals surface area contributed by atoms with Gasteiger partial charge in [0, 0.05) is 5.39 Å². The standard InChI is InChI=1S/C11H8FNO3/c1-16-11(15)7-2-6-3-8(12)5-13-10(6)9(14)4-7/h2-5,14H,1H3. The van der Waals surface area contributed by atoms with Crippen LogP contribution in [0.2, 0.25) is 0 Å². The van der Waals surface area contributed by atoms with Crippen LogP contribution in [0.3, 0.4) is 0 Å². The molecule has 0 aliphatic carbocycles. The summed E-state index contributed by atoms with van der Waals surface area (Å²) in [4.78, 5) is 15.0. The summed E-state index contributed by atoms with van der Waals surface area (Å²) in [5.41, 5.74) is 0.397. The molecule has 2 rings (SSSR count). The van der Waals surface area contributed by atoms with Gasteiger partial charge in [-0.2, -0.15) is 0 Å². The average molecular weight is 221 g/mol. The van der Waals surface area contributed by atoms with E-state index in [4.69, 9.17) is 0 Å². The van der Waals surface area contributed by atoms with E-state index in [1.807, 2.05) is 0 Å². The number of methoxy groups -OCH3 is 1. The SMILES string of the molecule is COC(=O)c1cc(O)c2ncc(F)cc2c1. The Morgan fingerprint density at radius 2 is 2.19 bits per heavy atom. The van der Waals surface area contributed by atoms with Gasteiger partial charge in [-0.1, -0.05) is 0 Å². The lowest BCUT2D eigenvalue weighted by Gasteiger charge is -2.04. The number of carbonyl (C=O) groups is 1. The number of nitrogens with zero attached hydrogens (tertiary/aromatic N) is 1. The molecule has 0 bridgehead atoms. The Balaban J connectivity index is 2.69. The molecule has 0 saturated carbocycles. The Bertz CT molecular complexity index is 568. The second-order valence-electron chi connectivity index (χ2n) is 3.21. The molecule has 0 radical (unpaired) electrons. The van der Waals surface area contributed by atoms with E-state index in [1.54, 1.807) is 0 Å². The molecule has 16 heavy (non-hydrogen) atoms. The van der Waals surface area contributed by atoms with E-state index in [-0.39, 0.29) is 16.8 Å². The quantitative estimate of drug-likeness (QED) is 0.747.